The highest BCUT2D eigenvalue weighted by atomic mass is 35.5. The number of hydrogen-bond donors (Lipinski definition) is 1. The molecule has 1 atom stereocenters. The Bertz CT molecular complexity index is 279. The lowest BCUT2D eigenvalue weighted by Gasteiger charge is -2.11. The van der Waals surface area contributed by atoms with Crippen molar-refractivity contribution < 1.29 is 13.5 Å². The summed E-state index contributed by atoms with van der Waals surface area (Å²) in [4.78, 5) is 0. The van der Waals surface area contributed by atoms with Crippen molar-refractivity contribution in [2.75, 3.05) is 6.61 Å². The molecule has 15 heavy (non-hydrogen) atoms. The first-order valence-corrected chi connectivity index (χ1v) is 4.41. The predicted molar refractivity (Wildman–Crippen MR) is 57.8 cm³/mol. The summed E-state index contributed by atoms with van der Waals surface area (Å²) >= 11 is 0. The van der Waals surface area contributed by atoms with E-state index in [-0.39, 0.29) is 12.4 Å². The fourth-order valence-corrected chi connectivity index (χ4v) is 1.10. The molecule has 0 bridgehead atoms. The maximum atomic E-state index is 12.2. The number of halogens is 3. The number of nitrogens with two attached hydrogens (primary N) is 1. The van der Waals surface area contributed by atoms with E-state index in [9.17, 15) is 8.78 Å². The summed E-state index contributed by atoms with van der Waals surface area (Å²) in [6.45, 7) is 2.42. The third kappa shape index (κ3) is 4.01. The molecule has 1 aromatic rings. The fourth-order valence-electron chi connectivity index (χ4n) is 1.10. The Morgan fingerprint density at radius 2 is 1.80 bits per heavy atom. The molecule has 0 amide bonds. The van der Waals surface area contributed by atoms with Crippen LogP contribution in [0.2, 0.25) is 0 Å². The van der Waals surface area contributed by atoms with Crippen molar-refractivity contribution in [3.63, 3.8) is 0 Å². The Balaban J connectivity index is 0.00000196. The molecule has 0 saturated carbocycles. The molecule has 0 aliphatic heterocycles. The van der Waals surface area contributed by atoms with Crippen molar-refractivity contribution in [3.05, 3.63) is 29.8 Å². The molecule has 2 N–H and O–H groups in total. The minimum atomic E-state index is -2.53. The van der Waals surface area contributed by atoms with Crippen molar-refractivity contribution in [3.8, 4) is 5.75 Å². The van der Waals surface area contributed by atoms with Crippen molar-refractivity contribution in [2.24, 2.45) is 5.73 Å². The van der Waals surface area contributed by atoms with Crippen LogP contribution in [-0.2, 0) is 0 Å². The number of hydrogen-bond acceptors (Lipinski definition) is 2. The molecule has 1 rings (SSSR count). The molecule has 1 aromatic carbocycles. The Morgan fingerprint density at radius 3 is 2.20 bits per heavy atom. The van der Waals surface area contributed by atoms with Gasteiger partial charge < -0.3 is 10.5 Å². The van der Waals surface area contributed by atoms with Crippen molar-refractivity contribution in [1.29, 1.82) is 0 Å². The van der Waals surface area contributed by atoms with Gasteiger partial charge in [0.25, 0.3) is 6.43 Å². The van der Waals surface area contributed by atoms with Crippen LogP contribution in [0.4, 0.5) is 8.78 Å². The third-order valence-electron chi connectivity index (χ3n) is 1.85. The molecule has 0 radical (unpaired) electrons. The maximum Gasteiger partial charge on any atom is 0.257 e. The number of alkyl halides is 2. The summed E-state index contributed by atoms with van der Waals surface area (Å²) in [6, 6.07) is 5.18. The highest BCUT2D eigenvalue weighted by molar-refractivity contribution is 5.85. The summed E-state index contributed by atoms with van der Waals surface area (Å²) in [5.41, 5.74) is 5.69. The summed E-state index contributed by atoms with van der Waals surface area (Å²) in [7, 11) is 0. The third-order valence-corrected chi connectivity index (χ3v) is 1.85. The Labute approximate surface area is 93.8 Å². The largest absolute Gasteiger partial charge is 0.494 e. The van der Waals surface area contributed by atoms with E-state index in [2.05, 4.69) is 0 Å². The van der Waals surface area contributed by atoms with Crippen LogP contribution in [0.15, 0.2) is 24.3 Å². The zero-order valence-corrected chi connectivity index (χ0v) is 9.14. The summed E-state index contributed by atoms with van der Waals surface area (Å²) in [6.07, 6.45) is -2.53. The molecule has 0 aromatic heterocycles. The van der Waals surface area contributed by atoms with Crippen molar-refractivity contribution in [1.82, 2.24) is 0 Å². The molecular weight excluding hydrogens is 224 g/mol. The van der Waals surface area contributed by atoms with E-state index < -0.39 is 12.5 Å². The average molecular weight is 238 g/mol. The van der Waals surface area contributed by atoms with Gasteiger partial charge in [-0.05, 0) is 24.6 Å². The maximum absolute atomic E-state index is 12.2. The van der Waals surface area contributed by atoms with Crippen LogP contribution in [0.1, 0.15) is 18.5 Å². The lowest BCUT2D eigenvalue weighted by molar-refractivity contribution is 0.116. The van der Waals surface area contributed by atoms with Crippen LogP contribution in [-0.4, -0.2) is 13.0 Å². The molecule has 0 heterocycles. The molecule has 86 valence electrons. The SMILES string of the molecule is CCOc1ccc([C@@H](N)C(F)F)cc1.Cl. The van der Waals surface area contributed by atoms with Gasteiger partial charge in [0, 0.05) is 0 Å². The van der Waals surface area contributed by atoms with E-state index in [0.717, 1.165) is 0 Å². The average Bonchev–Trinajstić information content (AvgIpc) is 2.18. The molecule has 0 aliphatic carbocycles. The minimum Gasteiger partial charge on any atom is -0.494 e. The minimum absolute atomic E-state index is 0. The van der Waals surface area contributed by atoms with Crippen LogP contribution in [0.5, 0.6) is 5.75 Å². The fraction of sp³-hybridized carbons (Fsp3) is 0.400. The van der Waals surface area contributed by atoms with E-state index in [1.807, 2.05) is 6.92 Å². The Kier molecular flexibility index (Phi) is 6.20. The van der Waals surface area contributed by atoms with Gasteiger partial charge >= 0.3 is 0 Å². The van der Waals surface area contributed by atoms with Gasteiger partial charge in [0.1, 0.15) is 5.75 Å². The zero-order valence-electron chi connectivity index (χ0n) is 8.32. The van der Waals surface area contributed by atoms with E-state index >= 15 is 0 Å². The molecule has 0 aliphatic rings. The predicted octanol–water partition coefficient (Wildman–Crippen LogP) is 2.77. The normalized spacial score (nSPS) is 12.1. The molecular formula is C10H14ClF2NO. The smallest absolute Gasteiger partial charge is 0.257 e. The molecule has 2 nitrogen and oxygen atoms in total. The topological polar surface area (TPSA) is 35.2 Å². The highest BCUT2D eigenvalue weighted by Gasteiger charge is 2.16. The van der Waals surface area contributed by atoms with E-state index in [1.54, 1.807) is 24.3 Å². The lowest BCUT2D eigenvalue weighted by atomic mass is 10.1. The van der Waals surface area contributed by atoms with Gasteiger partial charge in [0.15, 0.2) is 0 Å². The number of rotatable bonds is 4. The van der Waals surface area contributed by atoms with E-state index in [0.29, 0.717) is 17.9 Å². The van der Waals surface area contributed by atoms with Crippen molar-refractivity contribution in [2.45, 2.75) is 19.4 Å². The first-order valence-electron chi connectivity index (χ1n) is 4.41. The summed E-state index contributed by atoms with van der Waals surface area (Å²) in [5.74, 6) is 0.665. The van der Waals surface area contributed by atoms with Crippen LogP contribution < -0.4 is 10.5 Å². The molecule has 0 spiro atoms. The monoisotopic (exact) mass is 237 g/mol. The molecule has 5 heteroatoms. The molecule has 0 saturated heterocycles. The molecule has 0 unspecified atom stereocenters. The van der Waals surface area contributed by atoms with Gasteiger partial charge in [-0.15, -0.1) is 12.4 Å². The van der Waals surface area contributed by atoms with Gasteiger partial charge in [-0.3, -0.25) is 0 Å². The van der Waals surface area contributed by atoms with Crippen LogP contribution in [0, 0.1) is 0 Å². The zero-order chi connectivity index (χ0) is 10.6. The van der Waals surface area contributed by atoms with E-state index in [1.165, 1.54) is 0 Å². The van der Waals surface area contributed by atoms with Gasteiger partial charge in [-0.2, -0.15) is 0 Å². The second-order valence-corrected chi connectivity index (χ2v) is 2.86. The van der Waals surface area contributed by atoms with Crippen LogP contribution >= 0.6 is 12.4 Å². The molecule has 0 fully saturated rings. The van der Waals surface area contributed by atoms with E-state index in [4.69, 9.17) is 10.5 Å². The summed E-state index contributed by atoms with van der Waals surface area (Å²) in [5, 5.41) is 0. The standard InChI is InChI=1S/C10H13F2NO.ClH/c1-2-14-8-5-3-7(4-6-8)9(13)10(11)12;/h3-6,9-10H,2,13H2,1H3;1H/t9-;/m1./s1. The second kappa shape index (κ2) is 6.58. The highest BCUT2D eigenvalue weighted by Crippen LogP contribution is 2.20. The van der Waals surface area contributed by atoms with Crippen LogP contribution in [0.25, 0.3) is 0 Å². The number of ether oxygens (including phenoxy) is 1. The van der Waals surface area contributed by atoms with Gasteiger partial charge in [-0.25, -0.2) is 8.78 Å². The second-order valence-electron chi connectivity index (χ2n) is 2.86. The quantitative estimate of drug-likeness (QED) is 0.874. The first kappa shape index (κ1) is 14.1. The number of benzene rings is 1. The lowest BCUT2D eigenvalue weighted by Crippen LogP contribution is -2.18. The van der Waals surface area contributed by atoms with Crippen molar-refractivity contribution >= 4 is 12.4 Å². The van der Waals surface area contributed by atoms with Gasteiger partial charge in [-0.1, -0.05) is 12.1 Å². The van der Waals surface area contributed by atoms with Gasteiger partial charge in [0.05, 0.1) is 12.6 Å². The Morgan fingerprint density at radius 1 is 1.27 bits per heavy atom. The Hall–Kier alpha value is -0.870. The first-order chi connectivity index (χ1) is 6.65. The van der Waals surface area contributed by atoms with Gasteiger partial charge in [0.2, 0.25) is 0 Å². The van der Waals surface area contributed by atoms with Crippen LogP contribution in [0.3, 0.4) is 0 Å². The summed E-state index contributed by atoms with van der Waals surface area (Å²) < 4.78 is 29.6.